The lowest BCUT2D eigenvalue weighted by molar-refractivity contribution is 0.312. The SMILES string of the molecule is C=C(/C=C(/C)NN)Nc1cc(N2CCN(C)CC2)nc(-c2c(C)cccc2C)n1. The molecular weight excluding hydrogens is 362 g/mol. The third-order valence-corrected chi connectivity index (χ3v) is 5.15. The summed E-state index contributed by atoms with van der Waals surface area (Å²) in [5.74, 6) is 7.83. The third-order valence-electron chi connectivity index (χ3n) is 5.15. The van der Waals surface area contributed by atoms with Gasteiger partial charge in [-0.05, 0) is 45.0 Å². The van der Waals surface area contributed by atoms with E-state index < -0.39 is 0 Å². The van der Waals surface area contributed by atoms with Gasteiger partial charge < -0.3 is 20.5 Å². The molecule has 1 aromatic carbocycles. The smallest absolute Gasteiger partial charge is 0.164 e. The maximum Gasteiger partial charge on any atom is 0.164 e. The van der Waals surface area contributed by atoms with E-state index in [0.717, 1.165) is 66.0 Å². The lowest BCUT2D eigenvalue weighted by Gasteiger charge is -2.33. The highest BCUT2D eigenvalue weighted by atomic mass is 15.3. The number of anilines is 2. The van der Waals surface area contributed by atoms with Crippen LogP contribution in [0.4, 0.5) is 11.6 Å². The van der Waals surface area contributed by atoms with Crippen molar-refractivity contribution in [1.29, 1.82) is 0 Å². The molecule has 1 aliphatic heterocycles. The Morgan fingerprint density at radius 2 is 1.79 bits per heavy atom. The molecular formula is C22H31N7. The number of rotatable bonds is 6. The van der Waals surface area contributed by atoms with Crippen molar-refractivity contribution < 1.29 is 0 Å². The van der Waals surface area contributed by atoms with E-state index in [1.807, 2.05) is 19.1 Å². The Balaban J connectivity index is 2.01. The van der Waals surface area contributed by atoms with Gasteiger partial charge in [-0.1, -0.05) is 24.8 Å². The van der Waals surface area contributed by atoms with Crippen LogP contribution in [0.2, 0.25) is 0 Å². The number of hydrogen-bond acceptors (Lipinski definition) is 7. The molecule has 2 aromatic rings. The van der Waals surface area contributed by atoms with Gasteiger partial charge in [-0.25, -0.2) is 9.97 Å². The maximum atomic E-state index is 5.46. The summed E-state index contributed by atoms with van der Waals surface area (Å²) in [6, 6.07) is 8.25. The Kier molecular flexibility index (Phi) is 6.51. The van der Waals surface area contributed by atoms with Crippen molar-refractivity contribution in [2.24, 2.45) is 5.84 Å². The van der Waals surface area contributed by atoms with E-state index in [1.165, 1.54) is 0 Å². The molecule has 0 spiro atoms. The topological polar surface area (TPSA) is 82.3 Å². The van der Waals surface area contributed by atoms with Gasteiger partial charge in [0.25, 0.3) is 0 Å². The summed E-state index contributed by atoms with van der Waals surface area (Å²) in [6.45, 7) is 14.1. The van der Waals surface area contributed by atoms with E-state index >= 15 is 0 Å². The summed E-state index contributed by atoms with van der Waals surface area (Å²) in [7, 11) is 2.15. The number of nitrogens with one attached hydrogen (secondary N) is 2. The van der Waals surface area contributed by atoms with Gasteiger partial charge in [0.2, 0.25) is 0 Å². The summed E-state index contributed by atoms with van der Waals surface area (Å²) in [6.07, 6.45) is 1.84. The summed E-state index contributed by atoms with van der Waals surface area (Å²) in [5.41, 5.74) is 7.53. The number of aromatic nitrogens is 2. The van der Waals surface area contributed by atoms with Crippen LogP contribution < -0.4 is 21.5 Å². The average Bonchev–Trinajstić information content (AvgIpc) is 2.68. The van der Waals surface area contributed by atoms with Crippen molar-refractivity contribution in [3.05, 3.63) is 59.4 Å². The average molecular weight is 394 g/mol. The largest absolute Gasteiger partial charge is 0.354 e. The Morgan fingerprint density at radius 3 is 2.41 bits per heavy atom. The van der Waals surface area contributed by atoms with E-state index in [2.05, 4.69) is 66.2 Å². The number of nitrogens with zero attached hydrogens (tertiary/aromatic N) is 4. The Morgan fingerprint density at radius 1 is 1.14 bits per heavy atom. The van der Waals surface area contributed by atoms with Crippen LogP contribution >= 0.6 is 0 Å². The van der Waals surface area contributed by atoms with Crippen molar-refractivity contribution in [2.75, 3.05) is 43.4 Å². The fraction of sp³-hybridized carbons (Fsp3) is 0.364. The minimum absolute atomic E-state index is 0.705. The normalized spacial score (nSPS) is 15.3. The van der Waals surface area contributed by atoms with Crippen molar-refractivity contribution in [1.82, 2.24) is 20.3 Å². The van der Waals surface area contributed by atoms with Gasteiger partial charge in [-0.2, -0.15) is 0 Å². The molecule has 154 valence electrons. The molecule has 1 aliphatic rings. The van der Waals surface area contributed by atoms with Gasteiger partial charge in [0.05, 0.1) is 0 Å². The number of benzene rings is 1. The van der Waals surface area contributed by atoms with Crippen molar-refractivity contribution in [3.63, 3.8) is 0 Å². The highest BCUT2D eigenvalue weighted by Gasteiger charge is 2.19. The third kappa shape index (κ3) is 5.13. The summed E-state index contributed by atoms with van der Waals surface area (Å²) >= 11 is 0. The molecule has 29 heavy (non-hydrogen) atoms. The van der Waals surface area contributed by atoms with E-state index in [9.17, 15) is 0 Å². The second-order valence-corrected chi connectivity index (χ2v) is 7.61. The highest BCUT2D eigenvalue weighted by molar-refractivity contribution is 5.68. The van der Waals surface area contributed by atoms with Crippen LogP contribution in [0.15, 0.2) is 48.3 Å². The molecule has 3 rings (SSSR count). The zero-order chi connectivity index (χ0) is 21.0. The van der Waals surface area contributed by atoms with Gasteiger partial charge in [0.1, 0.15) is 11.6 Å². The van der Waals surface area contributed by atoms with Gasteiger partial charge in [0, 0.05) is 49.2 Å². The van der Waals surface area contributed by atoms with Crippen molar-refractivity contribution >= 4 is 11.6 Å². The number of allylic oxidation sites excluding steroid dienone is 2. The first kappa shape index (κ1) is 20.8. The fourth-order valence-corrected chi connectivity index (χ4v) is 3.48. The summed E-state index contributed by atoms with van der Waals surface area (Å²) in [5, 5.41) is 3.29. The van der Waals surface area contributed by atoms with Crippen LogP contribution in [-0.4, -0.2) is 48.1 Å². The molecule has 0 saturated carbocycles. The molecule has 0 unspecified atom stereocenters. The molecule has 2 heterocycles. The van der Waals surface area contributed by atoms with Crippen LogP contribution in [0.5, 0.6) is 0 Å². The van der Waals surface area contributed by atoms with E-state index in [1.54, 1.807) is 0 Å². The lowest BCUT2D eigenvalue weighted by atomic mass is 10.0. The van der Waals surface area contributed by atoms with Crippen molar-refractivity contribution in [2.45, 2.75) is 20.8 Å². The Labute approximate surface area is 173 Å². The fourth-order valence-electron chi connectivity index (χ4n) is 3.48. The standard InChI is InChI=1S/C22H31N7/c1-15-7-6-8-16(2)21(15)22-25-19(24-17(3)13-18(4)27-23)14-20(26-22)29-11-9-28(5)10-12-29/h6-8,13-14,27H,3,9-12,23H2,1-2,4-5H3,(H,24,25,26)/b18-13-. The monoisotopic (exact) mass is 393 g/mol. The Bertz CT molecular complexity index is 891. The first-order valence-electron chi connectivity index (χ1n) is 9.87. The molecule has 0 radical (unpaired) electrons. The quantitative estimate of drug-likeness (QED) is 0.395. The highest BCUT2D eigenvalue weighted by Crippen LogP contribution is 2.28. The number of nitrogens with two attached hydrogens (primary N) is 1. The molecule has 0 amide bonds. The van der Waals surface area contributed by atoms with Crippen LogP contribution in [0.25, 0.3) is 11.4 Å². The van der Waals surface area contributed by atoms with E-state index in [0.29, 0.717) is 5.70 Å². The van der Waals surface area contributed by atoms with E-state index in [4.69, 9.17) is 15.8 Å². The van der Waals surface area contributed by atoms with Crippen LogP contribution in [0.1, 0.15) is 18.1 Å². The second-order valence-electron chi connectivity index (χ2n) is 7.61. The predicted octanol–water partition coefficient (Wildman–Crippen LogP) is 2.80. The van der Waals surface area contributed by atoms with E-state index in [-0.39, 0.29) is 0 Å². The maximum absolute atomic E-state index is 5.46. The number of hydrazine groups is 1. The number of piperazine rings is 1. The van der Waals surface area contributed by atoms with Crippen LogP contribution in [-0.2, 0) is 0 Å². The molecule has 7 heteroatoms. The van der Waals surface area contributed by atoms with Crippen LogP contribution in [0.3, 0.4) is 0 Å². The molecule has 1 fully saturated rings. The Hall–Kier alpha value is -2.90. The van der Waals surface area contributed by atoms with Crippen molar-refractivity contribution in [3.8, 4) is 11.4 Å². The number of aryl methyl sites for hydroxylation is 2. The molecule has 7 nitrogen and oxygen atoms in total. The lowest BCUT2D eigenvalue weighted by Crippen LogP contribution is -2.44. The zero-order valence-electron chi connectivity index (χ0n) is 17.8. The summed E-state index contributed by atoms with van der Waals surface area (Å²) in [4.78, 5) is 14.4. The molecule has 1 saturated heterocycles. The molecule has 1 aromatic heterocycles. The van der Waals surface area contributed by atoms with Gasteiger partial charge in [-0.15, -0.1) is 0 Å². The minimum Gasteiger partial charge on any atom is -0.354 e. The van der Waals surface area contributed by atoms with Gasteiger partial charge in [-0.3, -0.25) is 5.84 Å². The zero-order valence-corrected chi connectivity index (χ0v) is 17.8. The predicted molar refractivity (Wildman–Crippen MR) is 120 cm³/mol. The van der Waals surface area contributed by atoms with Crippen LogP contribution in [0, 0.1) is 13.8 Å². The van der Waals surface area contributed by atoms with Gasteiger partial charge >= 0.3 is 0 Å². The number of likely N-dealkylation sites (N-methyl/N-ethyl adjacent to an activating group) is 1. The first-order valence-corrected chi connectivity index (χ1v) is 9.87. The first-order chi connectivity index (χ1) is 13.9. The molecule has 0 aliphatic carbocycles. The molecule has 4 N–H and O–H groups in total. The summed E-state index contributed by atoms with van der Waals surface area (Å²) < 4.78 is 0. The molecule has 0 bridgehead atoms. The van der Waals surface area contributed by atoms with Gasteiger partial charge in [0.15, 0.2) is 5.82 Å². The number of hydrogen-bond donors (Lipinski definition) is 3. The molecule has 0 atom stereocenters. The minimum atomic E-state index is 0.705. The second kappa shape index (κ2) is 9.07.